The molecule has 82 valence electrons. The average Bonchev–Trinajstić information content (AvgIpc) is 2.76. The highest BCUT2D eigenvalue weighted by atomic mass is 16.3. The van der Waals surface area contributed by atoms with Crippen LogP contribution in [0.25, 0.3) is 0 Å². The van der Waals surface area contributed by atoms with Gasteiger partial charge < -0.3 is 14.8 Å². The molecule has 2 bridgehead atoms. The average molecular weight is 208 g/mol. The Morgan fingerprint density at radius 3 is 2.80 bits per heavy atom. The lowest BCUT2D eigenvalue weighted by Gasteiger charge is -2.36. The molecule has 1 aromatic rings. The number of nitrogens with zero attached hydrogens (tertiary/aromatic N) is 1. The number of piperidine rings is 1. The molecule has 2 atom stereocenters. The normalized spacial score (nSPS) is 39.5. The Morgan fingerprint density at radius 1 is 1.47 bits per heavy atom. The van der Waals surface area contributed by atoms with Gasteiger partial charge in [-0.2, -0.15) is 0 Å². The molecule has 2 saturated heterocycles. The molecule has 0 radical (unpaired) electrons. The fourth-order valence-corrected chi connectivity index (χ4v) is 3.02. The van der Waals surface area contributed by atoms with E-state index in [1.165, 1.54) is 19.2 Å². The summed E-state index contributed by atoms with van der Waals surface area (Å²) in [7, 11) is 0. The first kappa shape index (κ1) is 9.36. The largest absolute Gasteiger partial charge is 0.448 e. The van der Waals surface area contributed by atoms with Gasteiger partial charge in [0.25, 0.3) is 0 Å². The Morgan fingerprint density at radius 2 is 2.20 bits per heavy atom. The van der Waals surface area contributed by atoms with Crippen LogP contribution in [0.5, 0.6) is 0 Å². The SMILES string of the molecule is OC1(Cc2cnco2)CC2CCC(C1)N2. The van der Waals surface area contributed by atoms with E-state index in [1.807, 2.05) is 0 Å². The quantitative estimate of drug-likeness (QED) is 0.757. The van der Waals surface area contributed by atoms with Crippen LogP contribution in [0.1, 0.15) is 31.4 Å². The van der Waals surface area contributed by atoms with Gasteiger partial charge in [-0.25, -0.2) is 4.98 Å². The minimum Gasteiger partial charge on any atom is -0.448 e. The molecule has 0 aromatic carbocycles. The van der Waals surface area contributed by atoms with Crippen LogP contribution in [0, 0.1) is 0 Å². The van der Waals surface area contributed by atoms with Crippen molar-refractivity contribution in [1.29, 1.82) is 0 Å². The van der Waals surface area contributed by atoms with Gasteiger partial charge in [0.2, 0.25) is 0 Å². The molecule has 4 nitrogen and oxygen atoms in total. The molecule has 2 N–H and O–H groups in total. The smallest absolute Gasteiger partial charge is 0.180 e. The summed E-state index contributed by atoms with van der Waals surface area (Å²) in [5.74, 6) is 0.791. The molecule has 2 aliphatic heterocycles. The van der Waals surface area contributed by atoms with Gasteiger partial charge in [0, 0.05) is 18.5 Å². The number of nitrogens with one attached hydrogen (secondary N) is 1. The Hall–Kier alpha value is -0.870. The first-order chi connectivity index (χ1) is 7.23. The summed E-state index contributed by atoms with van der Waals surface area (Å²) in [6.45, 7) is 0. The van der Waals surface area contributed by atoms with Crippen molar-refractivity contribution in [2.45, 2.75) is 49.8 Å². The molecule has 3 rings (SSSR count). The van der Waals surface area contributed by atoms with E-state index in [4.69, 9.17) is 4.42 Å². The van der Waals surface area contributed by atoms with Crippen molar-refractivity contribution in [3.63, 3.8) is 0 Å². The molecular formula is C11H16N2O2. The molecule has 3 heterocycles. The van der Waals surface area contributed by atoms with Crippen molar-refractivity contribution >= 4 is 0 Å². The van der Waals surface area contributed by atoms with E-state index in [9.17, 15) is 5.11 Å². The summed E-state index contributed by atoms with van der Waals surface area (Å²) in [5.41, 5.74) is -0.587. The first-order valence-corrected chi connectivity index (χ1v) is 5.59. The zero-order valence-electron chi connectivity index (χ0n) is 8.65. The number of oxazole rings is 1. The highest BCUT2D eigenvalue weighted by Crippen LogP contribution is 2.35. The standard InChI is InChI=1S/C11H16N2O2/c14-11(5-10-6-12-7-15-10)3-8-1-2-9(4-11)13-8/h6-9,13-14H,1-5H2. The zero-order valence-corrected chi connectivity index (χ0v) is 8.65. The van der Waals surface area contributed by atoms with Gasteiger partial charge in [0.15, 0.2) is 6.39 Å². The topological polar surface area (TPSA) is 58.3 Å². The third kappa shape index (κ3) is 1.79. The minimum atomic E-state index is -0.587. The molecule has 2 unspecified atom stereocenters. The Balaban J connectivity index is 1.74. The fraction of sp³-hybridized carbons (Fsp3) is 0.727. The molecule has 2 aliphatic rings. The van der Waals surface area contributed by atoms with E-state index in [-0.39, 0.29) is 0 Å². The van der Waals surface area contributed by atoms with E-state index in [2.05, 4.69) is 10.3 Å². The van der Waals surface area contributed by atoms with Crippen LogP contribution in [0.15, 0.2) is 17.0 Å². The molecular weight excluding hydrogens is 192 g/mol. The number of hydrogen-bond acceptors (Lipinski definition) is 4. The van der Waals surface area contributed by atoms with Gasteiger partial charge in [0.1, 0.15) is 5.76 Å². The minimum absolute atomic E-state index is 0.497. The van der Waals surface area contributed by atoms with Gasteiger partial charge in [-0.3, -0.25) is 0 Å². The first-order valence-electron chi connectivity index (χ1n) is 5.59. The van der Waals surface area contributed by atoms with Crippen LogP contribution in [0.4, 0.5) is 0 Å². The van der Waals surface area contributed by atoms with Crippen molar-refractivity contribution in [3.8, 4) is 0 Å². The lowest BCUT2D eigenvalue weighted by molar-refractivity contribution is -0.00993. The van der Waals surface area contributed by atoms with Crippen LogP contribution in [0.2, 0.25) is 0 Å². The second-order valence-corrected chi connectivity index (χ2v) is 4.91. The predicted molar refractivity (Wildman–Crippen MR) is 54.3 cm³/mol. The van der Waals surface area contributed by atoms with Crippen LogP contribution in [-0.2, 0) is 6.42 Å². The van der Waals surface area contributed by atoms with E-state index < -0.39 is 5.60 Å². The van der Waals surface area contributed by atoms with Gasteiger partial charge in [-0.1, -0.05) is 0 Å². The summed E-state index contributed by atoms with van der Waals surface area (Å²) in [6.07, 6.45) is 7.79. The third-order valence-corrected chi connectivity index (χ3v) is 3.57. The maximum atomic E-state index is 10.5. The molecule has 0 aliphatic carbocycles. The van der Waals surface area contributed by atoms with Crippen molar-refractivity contribution in [1.82, 2.24) is 10.3 Å². The lowest BCUT2D eigenvalue weighted by Crippen LogP contribution is -2.49. The number of fused-ring (bicyclic) bond motifs is 2. The number of aromatic nitrogens is 1. The molecule has 1 aromatic heterocycles. The summed E-state index contributed by atoms with van der Waals surface area (Å²) >= 11 is 0. The maximum Gasteiger partial charge on any atom is 0.180 e. The molecule has 2 fully saturated rings. The van der Waals surface area contributed by atoms with Gasteiger partial charge >= 0.3 is 0 Å². The van der Waals surface area contributed by atoms with Crippen LogP contribution < -0.4 is 5.32 Å². The molecule has 4 heteroatoms. The van der Waals surface area contributed by atoms with Crippen LogP contribution in [-0.4, -0.2) is 27.8 Å². The Labute approximate surface area is 88.7 Å². The second kappa shape index (κ2) is 3.32. The molecule has 0 saturated carbocycles. The van der Waals surface area contributed by atoms with Crippen LogP contribution in [0.3, 0.4) is 0 Å². The number of aliphatic hydroxyl groups is 1. The predicted octanol–water partition coefficient (Wildman–Crippen LogP) is 0.863. The van der Waals surface area contributed by atoms with Crippen molar-refractivity contribution in [2.75, 3.05) is 0 Å². The molecule has 0 amide bonds. The Bertz CT molecular complexity index is 324. The second-order valence-electron chi connectivity index (χ2n) is 4.91. The highest BCUT2D eigenvalue weighted by Gasteiger charge is 2.42. The zero-order chi connectivity index (χ0) is 10.3. The van der Waals surface area contributed by atoms with Gasteiger partial charge in [-0.15, -0.1) is 0 Å². The van der Waals surface area contributed by atoms with Crippen molar-refractivity contribution in [3.05, 3.63) is 18.4 Å². The summed E-state index contributed by atoms with van der Waals surface area (Å²) < 4.78 is 5.20. The van der Waals surface area contributed by atoms with Crippen molar-refractivity contribution in [2.24, 2.45) is 0 Å². The van der Waals surface area contributed by atoms with Crippen LogP contribution >= 0.6 is 0 Å². The Kier molecular flexibility index (Phi) is 2.07. The monoisotopic (exact) mass is 208 g/mol. The third-order valence-electron chi connectivity index (χ3n) is 3.57. The van der Waals surface area contributed by atoms with E-state index in [1.54, 1.807) is 6.20 Å². The molecule has 15 heavy (non-hydrogen) atoms. The number of hydrogen-bond donors (Lipinski definition) is 2. The van der Waals surface area contributed by atoms with Crippen molar-refractivity contribution < 1.29 is 9.52 Å². The maximum absolute atomic E-state index is 10.5. The lowest BCUT2D eigenvalue weighted by atomic mass is 9.84. The van der Waals surface area contributed by atoms with E-state index >= 15 is 0 Å². The number of rotatable bonds is 2. The highest BCUT2D eigenvalue weighted by molar-refractivity contribution is 5.05. The van der Waals surface area contributed by atoms with Gasteiger partial charge in [0.05, 0.1) is 11.8 Å². The molecule has 0 spiro atoms. The van der Waals surface area contributed by atoms with E-state index in [0.717, 1.165) is 18.6 Å². The van der Waals surface area contributed by atoms with Gasteiger partial charge in [-0.05, 0) is 25.7 Å². The fourth-order valence-electron chi connectivity index (χ4n) is 3.02. The summed E-state index contributed by atoms with van der Waals surface area (Å²) in [6, 6.07) is 0.994. The summed E-state index contributed by atoms with van der Waals surface area (Å²) in [4.78, 5) is 3.88. The van der Waals surface area contributed by atoms with E-state index in [0.29, 0.717) is 18.5 Å². The summed E-state index contributed by atoms with van der Waals surface area (Å²) in [5, 5.41) is 14.0.